The standard InChI is InChI=1S/6FH.O.Zr/h6*1H;;. The summed E-state index contributed by atoms with van der Waals surface area (Å²) < 4.78 is 8.34. The summed E-state index contributed by atoms with van der Waals surface area (Å²) in [5.41, 5.74) is 0. The minimum absolute atomic E-state index is 0. The third-order valence-electron chi connectivity index (χ3n) is 0. The van der Waals surface area contributed by atoms with E-state index >= 15 is 0 Å². The van der Waals surface area contributed by atoms with Gasteiger partial charge in [-0.25, -0.2) is 0 Å². The van der Waals surface area contributed by atoms with E-state index in [4.69, 9.17) is 2.81 Å². The molecule has 0 fully saturated rings. The summed E-state index contributed by atoms with van der Waals surface area (Å²) in [7, 11) is 0. The average Bonchev–Trinajstić information content (AvgIpc) is 1.00. The van der Waals surface area contributed by atoms with Gasteiger partial charge in [0.1, 0.15) is 0 Å². The maximum absolute atomic E-state index is 8.34. The van der Waals surface area contributed by atoms with Crippen molar-refractivity contribution in [1.29, 1.82) is 0 Å². The molecule has 0 aliphatic heterocycles. The van der Waals surface area contributed by atoms with Crippen LogP contribution in [0.2, 0.25) is 0 Å². The zero-order valence-electron chi connectivity index (χ0n) is 3.36. The summed E-state index contributed by atoms with van der Waals surface area (Å²) in [5.74, 6) is 0. The van der Waals surface area contributed by atoms with Gasteiger partial charge in [-0.15, -0.1) is 0 Å². The summed E-state index contributed by atoms with van der Waals surface area (Å²) in [5, 5.41) is 0. The van der Waals surface area contributed by atoms with Gasteiger partial charge in [0.15, 0.2) is 0 Å². The van der Waals surface area contributed by atoms with Crippen LogP contribution in [-0.4, -0.2) is 0 Å². The summed E-state index contributed by atoms with van der Waals surface area (Å²) in [6.07, 6.45) is 0. The molecule has 0 unspecified atom stereocenters. The van der Waals surface area contributed by atoms with Crippen LogP contribution in [0.5, 0.6) is 0 Å². The molecular weight excluding hydrogens is 221 g/mol. The van der Waals surface area contributed by atoms with Crippen molar-refractivity contribution in [2.24, 2.45) is 0 Å². The molecule has 0 aliphatic rings. The topological polar surface area (TPSA) is 17.1 Å². The first-order chi connectivity index (χ1) is 1.00. The molecule has 0 radical (unpaired) electrons. The van der Waals surface area contributed by atoms with Crippen molar-refractivity contribution in [3.8, 4) is 0 Å². The Kier molecular flexibility index (Phi) is 141000. The van der Waals surface area contributed by atoms with E-state index in [1.165, 1.54) is 0 Å². The average molecular weight is 227 g/mol. The van der Waals surface area contributed by atoms with Gasteiger partial charge in [-0.05, 0) is 0 Å². The van der Waals surface area contributed by atoms with Crippen LogP contribution in [0.15, 0.2) is 0 Å². The van der Waals surface area contributed by atoms with E-state index < -0.39 is 0 Å². The fraction of sp³-hybridized carbons (Fsp3) is 0. The minimum atomic E-state index is 0. The normalized spacial score (nSPS) is 0.375. The number of hydrogen-bond donors (Lipinski definition) is 0. The summed E-state index contributed by atoms with van der Waals surface area (Å²) in [6, 6.07) is 0. The van der Waals surface area contributed by atoms with Crippen LogP contribution in [0.4, 0.5) is 28.2 Å². The van der Waals surface area contributed by atoms with Gasteiger partial charge in [0.2, 0.25) is 0 Å². The molecule has 0 heterocycles. The zero-order valence-corrected chi connectivity index (χ0v) is 5.82. The van der Waals surface area contributed by atoms with Crippen molar-refractivity contribution in [3.05, 3.63) is 0 Å². The van der Waals surface area contributed by atoms with E-state index in [0.717, 1.165) is 0 Å². The molecule has 1 nitrogen and oxygen atoms in total. The van der Waals surface area contributed by atoms with Gasteiger partial charge in [0, 0.05) is 0 Å². The molecule has 8 heteroatoms. The molecule has 8 heavy (non-hydrogen) atoms. The fourth-order valence-corrected chi connectivity index (χ4v) is 0. The molecule has 0 amide bonds. The quantitative estimate of drug-likeness (QED) is 0.559. The Morgan fingerprint density at radius 1 is 0.500 bits per heavy atom. The summed E-state index contributed by atoms with van der Waals surface area (Å²) in [4.78, 5) is 0. The van der Waals surface area contributed by atoms with Gasteiger partial charge in [-0.2, -0.15) is 0 Å². The van der Waals surface area contributed by atoms with E-state index in [1.54, 1.807) is 0 Å². The Morgan fingerprint density at radius 2 is 0.500 bits per heavy atom. The Hall–Kier alpha value is 0.263. The van der Waals surface area contributed by atoms with Gasteiger partial charge in [0.05, 0.1) is 0 Å². The van der Waals surface area contributed by atoms with Crippen LogP contribution in [0.1, 0.15) is 0 Å². The molecule has 0 saturated heterocycles. The predicted octanol–water partition coefficient (Wildman–Crippen LogP) is 0.794. The van der Waals surface area contributed by atoms with Crippen LogP contribution >= 0.6 is 0 Å². The van der Waals surface area contributed by atoms with Gasteiger partial charge in [0.25, 0.3) is 0 Å². The van der Waals surface area contributed by atoms with Gasteiger partial charge in [-0.3, -0.25) is 28.2 Å². The molecule has 0 aromatic rings. The van der Waals surface area contributed by atoms with Gasteiger partial charge < -0.3 is 0 Å². The maximum atomic E-state index is 8.34. The van der Waals surface area contributed by atoms with Crippen LogP contribution in [0.3, 0.4) is 0 Å². The van der Waals surface area contributed by atoms with Crippen molar-refractivity contribution in [3.63, 3.8) is 0 Å². The summed E-state index contributed by atoms with van der Waals surface area (Å²) in [6.45, 7) is 0. The molecule has 0 aliphatic carbocycles. The second-order valence-electron chi connectivity index (χ2n) is 0. The Balaban J connectivity index is -0.000000000333. The molecular formula is H6F6OZr. The van der Waals surface area contributed by atoms with Crippen molar-refractivity contribution in [2.45, 2.75) is 0 Å². The number of hydrogen-bond acceptors (Lipinski definition) is 1. The van der Waals surface area contributed by atoms with Crippen LogP contribution in [0.25, 0.3) is 0 Å². The number of rotatable bonds is 0. The van der Waals surface area contributed by atoms with Gasteiger partial charge in [-0.1, -0.05) is 0 Å². The summed E-state index contributed by atoms with van der Waals surface area (Å²) >= 11 is 0.300. The van der Waals surface area contributed by atoms with E-state index in [9.17, 15) is 0 Å². The van der Waals surface area contributed by atoms with Gasteiger partial charge >= 0.3 is 27.5 Å². The Bertz CT molecular complexity index is 8.49. The molecule has 0 aromatic carbocycles. The van der Waals surface area contributed by atoms with E-state index in [2.05, 4.69) is 0 Å². The molecule has 0 bridgehead atoms. The molecule has 58 valence electrons. The first-order valence-electron chi connectivity index (χ1n) is 0.204. The van der Waals surface area contributed by atoms with Crippen LogP contribution < -0.4 is 0 Å². The Labute approximate surface area is 56.3 Å². The van der Waals surface area contributed by atoms with Crippen molar-refractivity contribution >= 4 is 0 Å². The van der Waals surface area contributed by atoms with E-state index in [0.29, 0.717) is 24.7 Å². The van der Waals surface area contributed by atoms with Crippen LogP contribution in [-0.2, 0) is 27.5 Å². The third-order valence-corrected chi connectivity index (χ3v) is 0. The monoisotopic (exact) mass is 226 g/mol. The van der Waals surface area contributed by atoms with Crippen molar-refractivity contribution < 1.29 is 55.8 Å². The van der Waals surface area contributed by atoms with E-state index in [-0.39, 0.29) is 28.2 Å². The molecule has 0 spiro atoms. The second kappa shape index (κ2) is 4120. The first-order valence-corrected chi connectivity index (χ1v) is 1.21. The molecule has 0 rings (SSSR count). The van der Waals surface area contributed by atoms with Crippen LogP contribution in [0, 0.1) is 0 Å². The third kappa shape index (κ3) is 2510. The Morgan fingerprint density at radius 3 is 0.500 bits per heavy atom. The van der Waals surface area contributed by atoms with Crippen molar-refractivity contribution in [2.75, 3.05) is 0 Å². The SMILES string of the molecule is F.F.F.F.F.F.[O]=[Zr]. The first kappa shape index (κ1) is 273. The predicted molar refractivity (Wildman–Crippen MR) is 15.7 cm³/mol. The molecule has 0 saturated carbocycles. The second-order valence-corrected chi connectivity index (χ2v) is 0. The number of halogens is 6. The van der Waals surface area contributed by atoms with Crippen molar-refractivity contribution in [1.82, 2.24) is 0 Å². The van der Waals surface area contributed by atoms with E-state index in [1.807, 2.05) is 0 Å². The molecule has 0 aromatic heterocycles. The molecule has 0 N–H and O–H groups in total. The molecule has 0 atom stereocenters. The zero-order chi connectivity index (χ0) is 2.00. The fourth-order valence-electron chi connectivity index (χ4n) is 0.